The van der Waals surface area contributed by atoms with Gasteiger partial charge in [-0.3, -0.25) is 9.59 Å². The number of carboxylic acid groups (broad SMARTS) is 1. The first-order chi connectivity index (χ1) is 12.1. The van der Waals surface area contributed by atoms with Crippen LogP contribution in [0.4, 0.5) is 0 Å². The number of carbonyl (C=O) groups excluding carboxylic acids is 1. The molecule has 0 spiro atoms. The van der Waals surface area contributed by atoms with Crippen LogP contribution >= 0.6 is 0 Å². The molecule has 4 N–H and O–H groups in total. The molecule has 0 unspecified atom stereocenters. The van der Waals surface area contributed by atoms with Gasteiger partial charge < -0.3 is 16.2 Å². The molecule has 1 heterocycles. The Bertz CT molecular complexity index is 811. The molecule has 1 aromatic heterocycles. The van der Waals surface area contributed by atoms with E-state index in [-0.39, 0.29) is 17.5 Å². The molecule has 1 aromatic carbocycles. The van der Waals surface area contributed by atoms with Crippen molar-refractivity contribution in [1.82, 2.24) is 15.3 Å². The predicted molar refractivity (Wildman–Crippen MR) is 98.8 cm³/mol. The van der Waals surface area contributed by atoms with Gasteiger partial charge in [0.1, 0.15) is 6.04 Å². The van der Waals surface area contributed by atoms with Crippen LogP contribution in [0.3, 0.4) is 0 Å². The number of hydrogen-bond acceptors (Lipinski definition) is 5. The predicted octanol–water partition coefficient (Wildman–Crippen LogP) is 1.89. The maximum absolute atomic E-state index is 12.2. The van der Waals surface area contributed by atoms with Crippen LogP contribution in [0.25, 0.3) is 11.4 Å². The molecule has 0 saturated heterocycles. The summed E-state index contributed by atoms with van der Waals surface area (Å²) >= 11 is 0. The van der Waals surface area contributed by atoms with Crippen molar-refractivity contribution in [2.75, 3.05) is 6.54 Å². The minimum Gasteiger partial charge on any atom is -0.480 e. The van der Waals surface area contributed by atoms with Gasteiger partial charge in [0.25, 0.3) is 5.91 Å². The SMILES string of the molecule is Cc1nc(-c2ccc(C(C)(C)C)cc2)ncc1C(=O)NC[C@H](N)C(=O)O. The van der Waals surface area contributed by atoms with Crippen LogP contribution < -0.4 is 11.1 Å². The van der Waals surface area contributed by atoms with Crippen molar-refractivity contribution >= 4 is 11.9 Å². The van der Waals surface area contributed by atoms with Crippen molar-refractivity contribution in [1.29, 1.82) is 0 Å². The first-order valence-corrected chi connectivity index (χ1v) is 8.30. The van der Waals surface area contributed by atoms with Gasteiger partial charge in [-0.15, -0.1) is 0 Å². The first kappa shape index (κ1) is 19.5. The Morgan fingerprint density at radius 1 is 1.23 bits per heavy atom. The molecule has 0 aliphatic carbocycles. The molecule has 26 heavy (non-hydrogen) atoms. The molecule has 0 saturated carbocycles. The molecule has 2 rings (SSSR count). The maximum Gasteiger partial charge on any atom is 0.322 e. The molecular weight excluding hydrogens is 332 g/mol. The molecule has 0 aliphatic heterocycles. The van der Waals surface area contributed by atoms with Crippen molar-refractivity contribution in [2.24, 2.45) is 5.73 Å². The number of carboxylic acids is 1. The minimum absolute atomic E-state index is 0.0635. The lowest BCUT2D eigenvalue weighted by atomic mass is 9.87. The lowest BCUT2D eigenvalue weighted by molar-refractivity contribution is -0.138. The van der Waals surface area contributed by atoms with Crippen LogP contribution in [0.1, 0.15) is 42.4 Å². The fraction of sp³-hybridized carbons (Fsp3) is 0.368. The fourth-order valence-corrected chi connectivity index (χ4v) is 2.33. The zero-order valence-electron chi connectivity index (χ0n) is 15.4. The first-order valence-electron chi connectivity index (χ1n) is 8.30. The molecule has 7 heteroatoms. The van der Waals surface area contributed by atoms with E-state index < -0.39 is 17.9 Å². The van der Waals surface area contributed by atoms with E-state index in [0.29, 0.717) is 11.5 Å². The molecular formula is C19H24N4O3. The van der Waals surface area contributed by atoms with E-state index in [1.165, 1.54) is 11.8 Å². The summed E-state index contributed by atoms with van der Waals surface area (Å²) in [5.41, 5.74) is 8.32. The molecule has 0 aliphatic rings. The molecule has 138 valence electrons. The number of nitrogens with two attached hydrogens (primary N) is 1. The van der Waals surface area contributed by atoms with Crippen LogP contribution in [-0.2, 0) is 10.2 Å². The highest BCUT2D eigenvalue weighted by molar-refractivity contribution is 5.95. The number of hydrogen-bond donors (Lipinski definition) is 3. The quantitative estimate of drug-likeness (QED) is 0.753. The second-order valence-electron chi connectivity index (χ2n) is 7.17. The topological polar surface area (TPSA) is 118 Å². The van der Waals surface area contributed by atoms with Crippen LogP contribution in [0, 0.1) is 6.92 Å². The molecule has 0 radical (unpaired) electrons. The van der Waals surface area contributed by atoms with E-state index in [0.717, 1.165) is 5.56 Å². The number of aromatic nitrogens is 2. The summed E-state index contributed by atoms with van der Waals surface area (Å²) in [6.45, 7) is 7.98. The summed E-state index contributed by atoms with van der Waals surface area (Å²) in [6, 6.07) is 6.85. The highest BCUT2D eigenvalue weighted by Gasteiger charge is 2.17. The molecule has 7 nitrogen and oxygen atoms in total. The third-order valence-corrected chi connectivity index (χ3v) is 4.03. The highest BCUT2D eigenvalue weighted by Crippen LogP contribution is 2.25. The fourth-order valence-electron chi connectivity index (χ4n) is 2.33. The van der Waals surface area contributed by atoms with E-state index in [1.807, 2.05) is 24.3 Å². The molecule has 0 bridgehead atoms. The van der Waals surface area contributed by atoms with E-state index in [9.17, 15) is 9.59 Å². The monoisotopic (exact) mass is 356 g/mol. The minimum atomic E-state index is -1.17. The van der Waals surface area contributed by atoms with Crippen LogP contribution in [0.5, 0.6) is 0 Å². The maximum atomic E-state index is 12.2. The normalized spacial score (nSPS) is 12.5. The Hall–Kier alpha value is -2.80. The smallest absolute Gasteiger partial charge is 0.322 e. The number of amides is 1. The van der Waals surface area contributed by atoms with E-state index in [1.54, 1.807) is 6.92 Å². The number of benzene rings is 1. The van der Waals surface area contributed by atoms with E-state index in [4.69, 9.17) is 10.8 Å². The van der Waals surface area contributed by atoms with Gasteiger partial charge in [0, 0.05) is 18.3 Å². The van der Waals surface area contributed by atoms with Crippen LogP contribution in [-0.4, -0.2) is 39.5 Å². The summed E-state index contributed by atoms with van der Waals surface area (Å²) in [6.07, 6.45) is 1.44. The average Bonchev–Trinajstić information content (AvgIpc) is 2.58. The van der Waals surface area contributed by atoms with Crippen molar-refractivity contribution in [3.05, 3.63) is 47.3 Å². The molecule has 1 atom stereocenters. The van der Waals surface area contributed by atoms with Crippen molar-refractivity contribution in [3.8, 4) is 11.4 Å². The second-order valence-corrected chi connectivity index (χ2v) is 7.17. The van der Waals surface area contributed by atoms with Gasteiger partial charge in [-0.05, 0) is 17.9 Å². The van der Waals surface area contributed by atoms with Gasteiger partial charge in [-0.1, -0.05) is 45.0 Å². The van der Waals surface area contributed by atoms with Gasteiger partial charge in [0.2, 0.25) is 0 Å². The summed E-state index contributed by atoms with van der Waals surface area (Å²) in [4.78, 5) is 31.5. The molecule has 1 amide bonds. The van der Waals surface area contributed by atoms with Gasteiger partial charge in [-0.25, -0.2) is 9.97 Å². The van der Waals surface area contributed by atoms with Gasteiger partial charge in [-0.2, -0.15) is 0 Å². The molecule has 2 aromatic rings. The zero-order chi connectivity index (χ0) is 19.5. The Labute approximate surface area is 152 Å². The number of nitrogens with one attached hydrogen (secondary N) is 1. The molecule has 0 fully saturated rings. The average molecular weight is 356 g/mol. The number of rotatable bonds is 5. The lowest BCUT2D eigenvalue weighted by Crippen LogP contribution is -2.42. The van der Waals surface area contributed by atoms with E-state index >= 15 is 0 Å². The third kappa shape index (κ3) is 4.64. The van der Waals surface area contributed by atoms with Gasteiger partial charge in [0.15, 0.2) is 5.82 Å². The van der Waals surface area contributed by atoms with Gasteiger partial charge in [0.05, 0.1) is 11.3 Å². The third-order valence-electron chi connectivity index (χ3n) is 4.03. The lowest BCUT2D eigenvalue weighted by Gasteiger charge is -2.19. The Kier molecular flexibility index (Phi) is 5.72. The van der Waals surface area contributed by atoms with Crippen molar-refractivity contribution < 1.29 is 14.7 Å². The summed E-state index contributed by atoms with van der Waals surface area (Å²) < 4.78 is 0. The van der Waals surface area contributed by atoms with E-state index in [2.05, 4.69) is 36.1 Å². The van der Waals surface area contributed by atoms with Crippen molar-refractivity contribution in [3.63, 3.8) is 0 Å². The number of aliphatic carboxylic acids is 1. The second kappa shape index (κ2) is 7.61. The van der Waals surface area contributed by atoms with Crippen molar-refractivity contribution in [2.45, 2.75) is 39.2 Å². The summed E-state index contributed by atoms with van der Waals surface area (Å²) in [7, 11) is 0. The summed E-state index contributed by atoms with van der Waals surface area (Å²) in [5.74, 6) is -1.09. The summed E-state index contributed by atoms with van der Waals surface area (Å²) in [5, 5.41) is 11.2. The number of nitrogens with zero attached hydrogens (tertiary/aromatic N) is 2. The highest BCUT2D eigenvalue weighted by atomic mass is 16.4. The standard InChI is InChI=1S/C19H24N4O3/c1-11-14(17(24)22-10-15(20)18(25)26)9-21-16(23-11)12-5-7-13(8-6-12)19(2,3)4/h5-9,15H,10,20H2,1-4H3,(H,22,24)(H,25,26)/t15-/m0/s1. The van der Waals surface area contributed by atoms with Crippen LogP contribution in [0.15, 0.2) is 30.5 Å². The van der Waals surface area contributed by atoms with Crippen LogP contribution in [0.2, 0.25) is 0 Å². The van der Waals surface area contributed by atoms with Gasteiger partial charge >= 0.3 is 5.97 Å². The largest absolute Gasteiger partial charge is 0.480 e. The Morgan fingerprint density at radius 2 is 1.85 bits per heavy atom. The Balaban J connectivity index is 2.16. The Morgan fingerprint density at radius 3 is 2.35 bits per heavy atom. The number of aryl methyl sites for hydroxylation is 1. The zero-order valence-corrected chi connectivity index (χ0v) is 15.4. The number of carbonyl (C=O) groups is 2.